The maximum absolute atomic E-state index is 11.1. The third-order valence-electron chi connectivity index (χ3n) is 3.55. The van der Waals surface area contributed by atoms with E-state index in [1.54, 1.807) is 6.07 Å². The van der Waals surface area contributed by atoms with Crippen molar-refractivity contribution in [1.29, 1.82) is 0 Å². The summed E-state index contributed by atoms with van der Waals surface area (Å²) in [5.74, 6) is 1.16. The zero-order chi connectivity index (χ0) is 15.2. The third-order valence-corrected chi connectivity index (χ3v) is 4.69. The van der Waals surface area contributed by atoms with Crippen molar-refractivity contribution in [2.75, 3.05) is 30.7 Å². The second kappa shape index (κ2) is 7.66. The van der Waals surface area contributed by atoms with Crippen molar-refractivity contribution in [2.45, 2.75) is 32.1 Å². The van der Waals surface area contributed by atoms with Crippen LogP contribution in [0.2, 0.25) is 0 Å². The minimum Gasteiger partial charge on any atom is -0.379 e. The zero-order valence-electron chi connectivity index (χ0n) is 12.7. The number of nitro groups is 1. The fourth-order valence-electron chi connectivity index (χ4n) is 2.53. The summed E-state index contributed by atoms with van der Waals surface area (Å²) in [5.41, 5.74) is 1.94. The molecule has 0 saturated carbocycles. The summed E-state index contributed by atoms with van der Waals surface area (Å²) in [4.78, 5) is 13.2. The Labute approximate surface area is 130 Å². The highest BCUT2D eigenvalue weighted by molar-refractivity contribution is 7.99. The molecule has 1 aromatic carbocycles. The van der Waals surface area contributed by atoms with E-state index in [0.29, 0.717) is 10.9 Å². The van der Waals surface area contributed by atoms with Gasteiger partial charge in [-0.3, -0.25) is 15.0 Å². The molecule has 1 aliphatic rings. The Balaban J connectivity index is 2.10. The number of benzene rings is 1. The maximum atomic E-state index is 11.1. The largest absolute Gasteiger partial charge is 0.379 e. The molecular formula is C15H23N3O2S. The highest BCUT2D eigenvalue weighted by Crippen LogP contribution is 2.27. The van der Waals surface area contributed by atoms with Crippen molar-refractivity contribution in [3.63, 3.8) is 0 Å². The Morgan fingerprint density at radius 1 is 1.52 bits per heavy atom. The Bertz CT molecular complexity index is 496. The molecule has 5 nitrogen and oxygen atoms in total. The number of nitrogens with one attached hydrogen (secondary N) is 1. The Hall–Kier alpha value is -1.27. The van der Waals surface area contributed by atoms with Crippen LogP contribution in [-0.4, -0.2) is 40.5 Å². The van der Waals surface area contributed by atoms with E-state index < -0.39 is 0 Å². The van der Waals surface area contributed by atoms with E-state index in [9.17, 15) is 10.1 Å². The van der Waals surface area contributed by atoms with Crippen LogP contribution >= 0.6 is 11.8 Å². The van der Waals surface area contributed by atoms with Crippen LogP contribution in [-0.2, 0) is 6.54 Å². The van der Waals surface area contributed by atoms with E-state index in [1.165, 1.54) is 0 Å². The normalized spacial score (nSPS) is 19.4. The Kier molecular flexibility index (Phi) is 5.87. The van der Waals surface area contributed by atoms with Crippen LogP contribution in [0.25, 0.3) is 0 Å². The summed E-state index contributed by atoms with van der Waals surface area (Å²) < 4.78 is 0. The molecule has 0 bridgehead atoms. The molecule has 21 heavy (non-hydrogen) atoms. The number of hydrogen-bond donors (Lipinski definition) is 1. The molecule has 116 valence electrons. The monoisotopic (exact) mass is 309 g/mol. The number of thioether (sulfide) groups is 1. The molecule has 1 aromatic rings. The van der Waals surface area contributed by atoms with Gasteiger partial charge in [0.25, 0.3) is 5.69 Å². The van der Waals surface area contributed by atoms with E-state index >= 15 is 0 Å². The molecule has 1 fully saturated rings. The standard InChI is InChI=1S/C15H23N3O2S/c1-3-6-16-14-9-13(4-5-15(14)18(19)20)11-17-7-8-21-12(2)10-17/h4-5,9,12,16H,3,6-8,10-11H2,1-2H3. The number of nitro benzene ring substituents is 1. The van der Waals surface area contributed by atoms with Gasteiger partial charge in [0, 0.05) is 43.2 Å². The van der Waals surface area contributed by atoms with E-state index in [1.807, 2.05) is 23.9 Å². The molecule has 0 aliphatic carbocycles. The highest BCUT2D eigenvalue weighted by atomic mass is 32.2. The van der Waals surface area contributed by atoms with Crippen LogP contribution < -0.4 is 5.32 Å². The molecule has 1 aliphatic heterocycles. The molecule has 1 N–H and O–H groups in total. The van der Waals surface area contributed by atoms with Crippen LogP contribution in [0.4, 0.5) is 11.4 Å². The predicted octanol–water partition coefficient (Wildman–Crippen LogP) is 3.35. The first-order valence-corrected chi connectivity index (χ1v) is 8.50. The smallest absolute Gasteiger partial charge is 0.292 e. The van der Waals surface area contributed by atoms with Crippen molar-refractivity contribution in [3.8, 4) is 0 Å². The van der Waals surface area contributed by atoms with Crippen molar-refractivity contribution < 1.29 is 4.92 Å². The summed E-state index contributed by atoms with van der Waals surface area (Å²) in [7, 11) is 0. The lowest BCUT2D eigenvalue weighted by atomic mass is 10.1. The molecule has 0 aromatic heterocycles. The van der Waals surface area contributed by atoms with Gasteiger partial charge in [-0.25, -0.2) is 0 Å². The van der Waals surface area contributed by atoms with Crippen LogP contribution in [0.5, 0.6) is 0 Å². The van der Waals surface area contributed by atoms with Crippen molar-refractivity contribution in [1.82, 2.24) is 4.90 Å². The average molecular weight is 309 g/mol. The molecule has 0 spiro atoms. The quantitative estimate of drug-likeness (QED) is 0.645. The molecule has 1 unspecified atom stereocenters. The lowest BCUT2D eigenvalue weighted by Gasteiger charge is -2.30. The van der Waals surface area contributed by atoms with Crippen molar-refractivity contribution in [3.05, 3.63) is 33.9 Å². The summed E-state index contributed by atoms with van der Waals surface area (Å²) in [6.45, 7) is 8.09. The molecule has 1 saturated heterocycles. The van der Waals surface area contributed by atoms with E-state index in [0.717, 1.165) is 43.9 Å². The van der Waals surface area contributed by atoms with Gasteiger partial charge in [-0.05, 0) is 18.1 Å². The predicted molar refractivity (Wildman–Crippen MR) is 89.1 cm³/mol. The third kappa shape index (κ3) is 4.61. The van der Waals surface area contributed by atoms with Gasteiger partial charge in [0.05, 0.1) is 4.92 Å². The summed E-state index contributed by atoms with van der Waals surface area (Å²) in [5, 5.41) is 14.9. The molecular weight excluding hydrogens is 286 g/mol. The molecule has 0 radical (unpaired) electrons. The van der Waals surface area contributed by atoms with Crippen LogP contribution in [0.1, 0.15) is 25.8 Å². The maximum Gasteiger partial charge on any atom is 0.292 e. The second-order valence-corrected chi connectivity index (χ2v) is 7.00. The van der Waals surface area contributed by atoms with Gasteiger partial charge < -0.3 is 5.32 Å². The summed E-state index contributed by atoms with van der Waals surface area (Å²) in [6.07, 6.45) is 0.947. The highest BCUT2D eigenvalue weighted by Gasteiger charge is 2.18. The van der Waals surface area contributed by atoms with E-state index in [4.69, 9.17) is 0 Å². The van der Waals surface area contributed by atoms with Crippen molar-refractivity contribution in [2.24, 2.45) is 0 Å². The van der Waals surface area contributed by atoms with Gasteiger partial charge >= 0.3 is 0 Å². The summed E-state index contributed by atoms with van der Waals surface area (Å²) in [6, 6.07) is 5.43. The molecule has 6 heteroatoms. The first kappa shape index (κ1) is 16.1. The van der Waals surface area contributed by atoms with E-state index in [2.05, 4.69) is 24.1 Å². The fraction of sp³-hybridized carbons (Fsp3) is 0.600. The lowest BCUT2D eigenvalue weighted by Crippen LogP contribution is -2.36. The fourth-order valence-corrected chi connectivity index (χ4v) is 3.62. The number of nitrogens with zero attached hydrogens (tertiary/aromatic N) is 2. The number of hydrogen-bond acceptors (Lipinski definition) is 5. The van der Waals surface area contributed by atoms with Gasteiger partial charge in [-0.15, -0.1) is 0 Å². The first-order chi connectivity index (χ1) is 10.1. The first-order valence-electron chi connectivity index (χ1n) is 7.45. The van der Waals surface area contributed by atoms with Gasteiger partial charge in [0.15, 0.2) is 0 Å². The minimum atomic E-state index is -0.318. The molecule has 2 rings (SSSR count). The van der Waals surface area contributed by atoms with Gasteiger partial charge in [0.2, 0.25) is 0 Å². The van der Waals surface area contributed by atoms with Gasteiger partial charge in [0.1, 0.15) is 5.69 Å². The lowest BCUT2D eigenvalue weighted by molar-refractivity contribution is -0.384. The summed E-state index contributed by atoms with van der Waals surface area (Å²) >= 11 is 2.01. The topological polar surface area (TPSA) is 58.4 Å². The number of rotatable bonds is 6. The Morgan fingerprint density at radius 2 is 2.33 bits per heavy atom. The zero-order valence-corrected chi connectivity index (χ0v) is 13.5. The minimum absolute atomic E-state index is 0.162. The molecule has 1 atom stereocenters. The van der Waals surface area contributed by atoms with Gasteiger partial charge in [-0.1, -0.05) is 19.9 Å². The molecule has 1 heterocycles. The van der Waals surface area contributed by atoms with E-state index in [-0.39, 0.29) is 10.6 Å². The Morgan fingerprint density at radius 3 is 3.00 bits per heavy atom. The SMILES string of the molecule is CCCNc1cc(CN2CCSC(C)C2)ccc1[N+](=O)[O-]. The second-order valence-electron chi connectivity index (χ2n) is 5.45. The average Bonchev–Trinajstić information content (AvgIpc) is 2.45. The molecule has 0 amide bonds. The van der Waals surface area contributed by atoms with Gasteiger partial charge in [-0.2, -0.15) is 11.8 Å². The van der Waals surface area contributed by atoms with Crippen LogP contribution in [0.15, 0.2) is 18.2 Å². The van der Waals surface area contributed by atoms with Crippen molar-refractivity contribution >= 4 is 23.1 Å². The number of anilines is 1. The van der Waals surface area contributed by atoms with Crippen LogP contribution in [0.3, 0.4) is 0 Å². The van der Waals surface area contributed by atoms with Crippen LogP contribution in [0, 0.1) is 10.1 Å².